The predicted octanol–water partition coefficient (Wildman–Crippen LogP) is 4.64. The van der Waals surface area contributed by atoms with Gasteiger partial charge in [0.15, 0.2) is 11.6 Å². The molecule has 0 amide bonds. The van der Waals surface area contributed by atoms with E-state index < -0.39 is 0 Å². The Morgan fingerprint density at radius 2 is 2.05 bits per heavy atom. The van der Waals surface area contributed by atoms with E-state index in [1.54, 1.807) is 0 Å². The fraction of sp³-hybridized carbons (Fsp3) is 0.600. The number of allylic oxidation sites excluding steroid dienone is 2. The molecule has 0 aromatic carbocycles. The van der Waals surface area contributed by atoms with Crippen LogP contribution in [0.25, 0.3) is 0 Å². The standard InChI is InChI=1S/C15H21BrO2S/c1-4-5-6-7-8-11-9-12(17)13(15(16)19-3)10(2)14(11)18/h11H,2,4-9H2,1,3H3/b15-13+. The van der Waals surface area contributed by atoms with E-state index in [0.717, 1.165) is 23.1 Å². The quantitative estimate of drug-likeness (QED) is 0.519. The van der Waals surface area contributed by atoms with Gasteiger partial charge < -0.3 is 0 Å². The van der Waals surface area contributed by atoms with E-state index in [-0.39, 0.29) is 17.5 Å². The zero-order valence-electron chi connectivity index (χ0n) is 11.6. The summed E-state index contributed by atoms with van der Waals surface area (Å²) in [6.07, 6.45) is 7.56. The van der Waals surface area contributed by atoms with Crippen LogP contribution in [-0.4, -0.2) is 17.8 Å². The highest BCUT2D eigenvalue weighted by molar-refractivity contribution is 9.14. The molecule has 0 spiro atoms. The maximum Gasteiger partial charge on any atom is 0.166 e. The van der Waals surface area contributed by atoms with Gasteiger partial charge in [-0.2, -0.15) is 0 Å². The minimum atomic E-state index is -0.150. The first kappa shape index (κ1) is 16.7. The monoisotopic (exact) mass is 344 g/mol. The maximum atomic E-state index is 12.2. The molecule has 0 aromatic heterocycles. The van der Waals surface area contributed by atoms with Crippen LogP contribution in [-0.2, 0) is 9.59 Å². The number of Topliss-reactive ketones (excluding diaryl/α,β-unsaturated/α-hetero) is 2. The highest BCUT2D eigenvalue weighted by atomic mass is 79.9. The van der Waals surface area contributed by atoms with Gasteiger partial charge in [0.05, 0.1) is 3.81 Å². The van der Waals surface area contributed by atoms with Crippen LogP contribution in [0.1, 0.15) is 45.4 Å². The van der Waals surface area contributed by atoms with Crippen molar-refractivity contribution < 1.29 is 9.59 Å². The van der Waals surface area contributed by atoms with Crippen LogP contribution in [0.5, 0.6) is 0 Å². The zero-order chi connectivity index (χ0) is 14.4. The highest BCUT2D eigenvalue weighted by Crippen LogP contribution is 2.36. The van der Waals surface area contributed by atoms with Crippen LogP contribution in [0.2, 0.25) is 0 Å². The van der Waals surface area contributed by atoms with Gasteiger partial charge in [0, 0.05) is 23.5 Å². The van der Waals surface area contributed by atoms with Crippen molar-refractivity contribution in [1.82, 2.24) is 0 Å². The second-order valence-corrected chi connectivity index (χ2v) is 7.00. The summed E-state index contributed by atoms with van der Waals surface area (Å²) in [7, 11) is 0. The van der Waals surface area contributed by atoms with Gasteiger partial charge in [-0.1, -0.05) is 39.2 Å². The molecule has 1 atom stereocenters. The van der Waals surface area contributed by atoms with E-state index in [9.17, 15) is 9.59 Å². The number of carbonyl (C=O) groups excluding carboxylic acids is 2. The molecular formula is C15H21BrO2S. The topological polar surface area (TPSA) is 34.1 Å². The first-order valence-corrected chi connectivity index (χ1v) is 8.75. The van der Waals surface area contributed by atoms with Crippen molar-refractivity contribution in [3.8, 4) is 0 Å². The number of ketones is 2. The summed E-state index contributed by atoms with van der Waals surface area (Å²) in [6.45, 7) is 5.98. The van der Waals surface area contributed by atoms with Crippen molar-refractivity contribution in [2.24, 2.45) is 5.92 Å². The maximum absolute atomic E-state index is 12.2. The Labute approximate surface area is 128 Å². The summed E-state index contributed by atoms with van der Waals surface area (Å²) in [5.74, 6) is -0.0498. The second-order valence-electron chi connectivity index (χ2n) is 4.87. The molecule has 2 nitrogen and oxygen atoms in total. The van der Waals surface area contributed by atoms with E-state index in [2.05, 4.69) is 29.4 Å². The molecule has 0 saturated heterocycles. The largest absolute Gasteiger partial charge is 0.294 e. The molecule has 0 aliphatic heterocycles. The average molecular weight is 345 g/mol. The van der Waals surface area contributed by atoms with Crippen molar-refractivity contribution in [2.75, 3.05) is 6.26 Å². The molecule has 4 heteroatoms. The Morgan fingerprint density at radius 1 is 1.37 bits per heavy atom. The Bertz CT molecular complexity index is 412. The molecule has 106 valence electrons. The number of unbranched alkanes of at least 4 members (excludes halogenated alkanes) is 3. The van der Waals surface area contributed by atoms with E-state index in [1.807, 2.05) is 6.26 Å². The number of carbonyl (C=O) groups is 2. The summed E-state index contributed by atoms with van der Waals surface area (Å²) in [5, 5.41) is 0. The molecule has 1 rings (SSSR count). The molecule has 1 saturated carbocycles. The molecule has 0 aromatic rings. The number of halogens is 1. The Morgan fingerprint density at radius 3 is 2.63 bits per heavy atom. The van der Waals surface area contributed by atoms with Crippen molar-refractivity contribution >= 4 is 39.3 Å². The fourth-order valence-electron chi connectivity index (χ4n) is 2.34. The Kier molecular flexibility index (Phi) is 7.08. The van der Waals surface area contributed by atoms with Crippen LogP contribution < -0.4 is 0 Å². The molecule has 0 heterocycles. The van der Waals surface area contributed by atoms with Gasteiger partial charge in [-0.05, 0) is 28.6 Å². The van der Waals surface area contributed by atoms with Crippen LogP contribution in [0.15, 0.2) is 21.5 Å². The van der Waals surface area contributed by atoms with E-state index in [1.165, 1.54) is 24.6 Å². The average Bonchev–Trinajstić information content (AvgIpc) is 2.39. The first-order chi connectivity index (χ1) is 9.02. The van der Waals surface area contributed by atoms with Crippen molar-refractivity contribution in [3.63, 3.8) is 0 Å². The summed E-state index contributed by atoms with van der Waals surface area (Å²) in [4.78, 5) is 24.4. The van der Waals surface area contributed by atoms with Gasteiger partial charge in [-0.15, -0.1) is 11.8 Å². The van der Waals surface area contributed by atoms with Gasteiger partial charge in [0.1, 0.15) is 0 Å². The predicted molar refractivity (Wildman–Crippen MR) is 85.5 cm³/mol. The van der Waals surface area contributed by atoms with E-state index in [4.69, 9.17) is 0 Å². The van der Waals surface area contributed by atoms with Gasteiger partial charge in [-0.3, -0.25) is 9.59 Å². The van der Waals surface area contributed by atoms with E-state index >= 15 is 0 Å². The minimum absolute atomic E-state index is 0.0475. The molecule has 1 aliphatic carbocycles. The van der Waals surface area contributed by atoms with Crippen molar-refractivity contribution in [1.29, 1.82) is 0 Å². The third-order valence-electron chi connectivity index (χ3n) is 3.46. The summed E-state index contributed by atoms with van der Waals surface area (Å²) < 4.78 is 0.722. The van der Waals surface area contributed by atoms with Gasteiger partial charge in [0.25, 0.3) is 0 Å². The van der Waals surface area contributed by atoms with Crippen molar-refractivity contribution in [3.05, 3.63) is 21.5 Å². The number of hydrogen-bond acceptors (Lipinski definition) is 3. The third-order valence-corrected chi connectivity index (χ3v) is 5.39. The molecule has 19 heavy (non-hydrogen) atoms. The van der Waals surface area contributed by atoms with Crippen LogP contribution in [0.3, 0.4) is 0 Å². The van der Waals surface area contributed by atoms with E-state index in [0.29, 0.717) is 17.6 Å². The Balaban J connectivity index is 2.71. The number of thioether (sulfide) groups is 1. The minimum Gasteiger partial charge on any atom is -0.294 e. The molecule has 0 N–H and O–H groups in total. The molecule has 1 unspecified atom stereocenters. The lowest BCUT2D eigenvalue weighted by Crippen LogP contribution is -2.29. The fourth-order valence-corrected chi connectivity index (χ4v) is 3.24. The summed E-state index contributed by atoms with van der Waals surface area (Å²) in [5.41, 5.74) is 0.875. The molecule has 1 aliphatic rings. The zero-order valence-corrected chi connectivity index (χ0v) is 14.0. The van der Waals surface area contributed by atoms with Crippen molar-refractivity contribution in [2.45, 2.75) is 45.4 Å². The van der Waals surface area contributed by atoms with Gasteiger partial charge >= 0.3 is 0 Å². The molecule has 1 fully saturated rings. The summed E-state index contributed by atoms with van der Waals surface area (Å²) in [6, 6.07) is 0. The smallest absolute Gasteiger partial charge is 0.166 e. The normalized spacial score (nSPS) is 22.9. The SMILES string of the molecule is C=C1C(=O)C(CCCCCC)CC(=O)/C1=C(\Br)SC. The number of rotatable bonds is 6. The third kappa shape index (κ3) is 4.32. The van der Waals surface area contributed by atoms with Crippen LogP contribution in [0.4, 0.5) is 0 Å². The lowest BCUT2D eigenvalue weighted by atomic mass is 9.79. The van der Waals surface area contributed by atoms with Crippen LogP contribution >= 0.6 is 27.7 Å². The first-order valence-electron chi connectivity index (χ1n) is 6.73. The summed E-state index contributed by atoms with van der Waals surface area (Å²) >= 11 is 4.78. The second kappa shape index (κ2) is 8.05. The highest BCUT2D eigenvalue weighted by Gasteiger charge is 2.34. The molecule has 0 bridgehead atoms. The lowest BCUT2D eigenvalue weighted by Gasteiger charge is -2.24. The van der Waals surface area contributed by atoms with Gasteiger partial charge in [-0.25, -0.2) is 0 Å². The van der Waals surface area contributed by atoms with Crippen LogP contribution in [0, 0.1) is 5.92 Å². The molecule has 0 radical (unpaired) electrons. The lowest BCUT2D eigenvalue weighted by molar-refractivity contribution is -0.126. The van der Waals surface area contributed by atoms with Gasteiger partial charge in [0.2, 0.25) is 0 Å². The Hall–Kier alpha value is -0.350. The molecular weight excluding hydrogens is 324 g/mol. The number of hydrogen-bond donors (Lipinski definition) is 0.